The molecule has 4 nitrogen and oxygen atoms in total. The van der Waals surface area contributed by atoms with E-state index in [0.717, 1.165) is 11.1 Å². The zero-order valence-corrected chi connectivity index (χ0v) is 11.4. The van der Waals surface area contributed by atoms with E-state index >= 15 is 0 Å². The van der Waals surface area contributed by atoms with E-state index in [9.17, 15) is 9.59 Å². The molecule has 4 heteroatoms. The lowest BCUT2D eigenvalue weighted by Gasteiger charge is -2.15. The summed E-state index contributed by atoms with van der Waals surface area (Å²) in [6.45, 7) is 7.61. The van der Waals surface area contributed by atoms with Crippen LogP contribution >= 0.6 is 0 Å². The Balaban J connectivity index is 2.40. The van der Waals surface area contributed by atoms with Gasteiger partial charge in [0.15, 0.2) is 0 Å². The Morgan fingerprint density at radius 3 is 2.79 bits per heavy atom. The number of nitrogens with one attached hydrogen (secondary N) is 2. The van der Waals surface area contributed by atoms with E-state index in [1.54, 1.807) is 0 Å². The third-order valence-electron chi connectivity index (χ3n) is 2.76. The summed E-state index contributed by atoms with van der Waals surface area (Å²) in [6.07, 6.45) is 1.45. The molecule has 102 valence electrons. The van der Waals surface area contributed by atoms with Gasteiger partial charge in [0.1, 0.15) is 0 Å². The SMILES string of the molecule is C=CC(=O)NCCC(=O)NC(C)c1cccc(C)c1. The van der Waals surface area contributed by atoms with Gasteiger partial charge in [0.05, 0.1) is 6.04 Å². The Kier molecular flexibility index (Phi) is 5.79. The average molecular weight is 260 g/mol. The van der Waals surface area contributed by atoms with E-state index in [1.807, 2.05) is 38.1 Å². The summed E-state index contributed by atoms with van der Waals surface area (Å²) in [6, 6.07) is 7.98. The largest absolute Gasteiger partial charge is 0.352 e. The lowest BCUT2D eigenvalue weighted by molar-refractivity contribution is -0.121. The number of benzene rings is 1. The molecule has 0 fully saturated rings. The highest BCUT2D eigenvalue weighted by molar-refractivity contribution is 5.87. The van der Waals surface area contributed by atoms with E-state index < -0.39 is 0 Å². The standard InChI is InChI=1S/C15H20N2O2/c1-4-14(18)16-9-8-15(19)17-12(3)13-7-5-6-11(2)10-13/h4-7,10,12H,1,8-9H2,2-3H3,(H,16,18)(H,17,19). The van der Waals surface area contributed by atoms with Crippen molar-refractivity contribution in [2.75, 3.05) is 6.54 Å². The fourth-order valence-corrected chi connectivity index (χ4v) is 1.71. The highest BCUT2D eigenvalue weighted by atomic mass is 16.2. The van der Waals surface area contributed by atoms with Crippen molar-refractivity contribution >= 4 is 11.8 Å². The van der Waals surface area contributed by atoms with Crippen molar-refractivity contribution in [2.45, 2.75) is 26.3 Å². The summed E-state index contributed by atoms with van der Waals surface area (Å²) in [7, 11) is 0. The van der Waals surface area contributed by atoms with Crippen molar-refractivity contribution in [2.24, 2.45) is 0 Å². The number of amides is 2. The molecule has 19 heavy (non-hydrogen) atoms. The molecular weight excluding hydrogens is 240 g/mol. The molecule has 0 aliphatic carbocycles. The summed E-state index contributed by atoms with van der Waals surface area (Å²) in [5, 5.41) is 5.47. The van der Waals surface area contributed by atoms with Crippen LogP contribution in [0.25, 0.3) is 0 Å². The number of carbonyl (C=O) groups is 2. The van der Waals surface area contributed by atoms with Crippen LogP contribution in [0.3, 0.4) is 0 Å². The molecule has 0 spiro atoms. The summed E-state index contributed by atoms with van der Waals surface area (Å²) in [4.78, 5) is 22.6. The van der Waals surface area contributed by atoms with Crippen molar-refractivity contribution < 1.29 is 9.59 Å². The molecule has 0 saturated heterocycles. The monoisotopic (exact) mass is 260 g/mol. The van der Waals surface area contributed by atoms with Crippen molar-refractivity contribution in [3.63, 3.8) is 0 Å². The predicted octanol–water partition coefficient (Wildman–Crippen LogP) is 1.86. The van der Waals surface area contributed by atoms with Crippen LogP contribution in [-0.4, -0.2) is 18.4 Å². The van der Waals surface area contributed by atoms with Crippen LogP contribution < -0.4 is 10.6 Å². The van der Waals surface area contributed by atoms with Crippen LogP contribution in [0.15, 0.2) is 36.9 Å². The molecule has 2 N–H and O–H groups in total. The van der Waals surface area contributed by atoms with Gasteiger partial charge in [-0.05, 0) is 25.5 Å². The van der Waals surface area contributed by atoms with E-state index in [0.29, 0.717) is 6.54 Å². The second-order valence-corrected chi connectivity index (χ2v) is 4.45. The van der Waals surface area contributed by atoms with Gasteiger partial charge < -0.3 is 10.6 Å². The Morgan fingerprint density at radius 1 is 1.42 bits per heavy atom. The highest BCUT2D eigenvalue weighted by Gasteiger charge is 2.09. The van der Waals surface area contributed by atoms with E-state index in [2.05, 4.69) is 17.2 Å². The minimum atomic E-state index is -0.264. The number of hydrogen-bond acceptors (Lipinski definition) is 2. The minimum absolute atomic E-state index is 0.0393. The van der Waals surface area contributed by atoms with Gasteiger partial charge in [0.2, 0.25) is 11.8 Å². The van der Waals surface area contributed by atoms with Crippen molar-refractivity contribution in [1.82, 2.24) is 10.6 Å². The topological polar surface area (TPSA) is 58.2 Å². The van der Waals surface area contributed by atoms with Gasteiger partial charge in [-0.2, -0.15) is 0 Å². The Labute approximate surface area is 113 Å². The van der Waals surface area contributed by atoms with Crippen LogP contribution in [0.1, 0.15) is 30.5 Å². The first-order valence-corrected chi connectivity index (χ1v) is 6.29. The zero-order chi connectivity index (χ0) is 14.3. The molecule has 1 unspecified atom stereocenters. The number of rotatable bonds is 6. The average Bonchev–Trinajstić information content (AvgIpc) is 2.38. The normalized spacial score (nSPS) is 11.5. The van der Waals surface area contributed by atoms with Gasteiger partial charge in [0, 0.05) is 13.0 Å². The first-order valence-electron chi connectivity index (χ1n) is 6.29. The molecule has 0 aliphatic rings. The molecule has 0 heterocycles. The molecule has 1 rings (SSSR count). The Hall–Kier alpha value is -2.10. The van der Waals surface area contributed by atoms with E-state index in [1.165, 1.54) is 6.08 Å². The summed E-state index contributed by atoms with van der Waals surface area (Å²) in [5.41, 5.74) is 2.24. The third kappa shape index (κ3) is 5.38. The van der Waals surface area contributed by atoms with Gasteiger partial charge in [0.25, 0.3) is 0 Å². The molecule has 0 aliphatic heterocycles. The molecule has 2 amide bonds. The Bertz CT molecular complexity index is 469. The minimum Gasteiger partial charge on any atom is -0.352 e. The second-order valence-electron chi connectivity index (χ2n) is 4.45. The second kappa shape index (κ2) is 7.36. The summed E-state index contributed by atoms with van der Waals surface area (Å²) >= 11 is 0. The fourth-order valence-electron chi connectivity index (χ4n) is 1.71. The smallest absolute Gasteiger partial charge is 0.243 e. The Morgan fingerprint density at radius 2 is 2.16 bits per heavy atom. The maximum Gasteiger partial charge on any atom is 0.243 e. The van der Waals surface area contributed by atoms with Gasteiger partial charge in [-0.15, -0.1) is 0 Å². The van der Waals surface area contributed by atoms with Crippen molar-refractivity contribution in [3.05, 3.63) is 48.0 Å². The zero-order valence-electron chi connectivity index (χ0n) is 11.4. The van der Waals surface area contributed by atoms with Crippen LogP contribution in [0.2, 0.25) is 0 Å². The van der Waals surface area contributed by atoms with Crippen LogP contribution in [-0.2, 0) is 9.59 Å². The quantitative estimate of drug-likeness (QED) is 0.767. The summed E-state index contributed by atoms with van der Waals surface area (Å²) < 4.78 is 0. The molecule has 0 saturated carbocycles. The van der Waals surface area contributed by atoms with Crippen molar-refractivity contribution in [3.8, 4) is 0 Å². The predicted molar refractivity (Wildman–Crippen MR) is 75.6 cm³/mol. The number of carbonyl (C=O) groups excluding carboxylic acids is 2. The molecule has 0 bridgehead atoms. The van der Waals surface area contributed by atoms with Crippen LogP contribution in [0, 0.1) is 6.92 Å². The van der Waals surface area contributed by atoms with Gasteiger partial charge in [-0.3, -0.25) is 9.59 Å². The third-order valence-corrected chi connectivity index (χ3v) is 2.76. The molecule has 0 aromatic heterocycles. The van der Waals surface area contributed by atoms with E-state index in [4.69, 9.17) is 0 Å². The highest BCUT2D eigenvalue weighted by Crippen LogP contribution is 2.13. The van der Waals surface area contributed by atoms with Gasteiger partial charge >= 0.3 is 0 Å². The molecule has 0 radical (unpaired) electrons. The first kappa shape index (κ1) is 15.0. The first-order chi connectivity index (χ1) is 9.02. The summed E-state index contributed by atoms with van der Waals surface area (Å²) in [5.74, 6) is -0.349. The molecular formula is C15H20N2O2. The van der Waals surface area contributed by atoms with Gasteiger partial charge in [-0.1, -0.05) is 36.4 Å². The maximum absolute atomic E-state index is 11.7. The lowest BCUT2D eigenvalue weighted by atomic mass is 10.1. The number of hydrogen-bond donors (Lipinski definition) is 2. The molecule has 1 aromatic carbocycles. The maximum atomic E-state index is 11.7. The van der Waals surface area contributed by atoms with Crippen LogP contribution in [0.5, 0.6) is 0 Å². The van der Waals surface area contributed by atoms with Crippen molar-refractivity contribution in [1.29, 1.82) is 0 Å². The fraction of sp³-hybridized carbons (Fsp3) is 0.333. The molecule has 1 aromatic rings. The van der Waals surface area contributed by atoms with E-state index in [-0.39, 0.29) is 24.3 Å². The number of aryl methyl sites for hydroxylation is 1. The lowest BCUT2D eigenvalue weighted by Crippen LogP contribution is -2.31. The van der Waals surface area contributed by atoms with Crippen LogP contribution in [0.4, 0.5) is 0 Å². The molecule has 1 atom stereocenters. The van der Waals surface area contributed by atoms with Gasteiger partial charge in [-0.25, -0.2) is 0 Å².